The van der Waals surface area contributed by atoms with E-state index in [-0.39, 0.29) is 11.4 Å². The average Bonchev–Trinajstić information content (AvgIpc) is 3.71. The molecule has 1 aliphatic rings. The Morgan fingerprint density at radius 2 is 1.61 bits per heavy atom. The number of hydrogen-bond donors (Lipinski definition) is 2. The van der Waals surface area contributed by atoms with Gasteiger partial charge in [-0.3, -0.25) is 14.8 Å². The first kappa shape index (κ1) is 30.7. The minimum absolute atomic E-state index is 0.187. The van der Waals surface area contributed by atoms with Gasteiger partial charge in [0, 0.05) is 0 Å². The van der Waals surface area contributed by atoms with Crippen molar-refractivity contribution in [3.63, 3.8) is 0 Å². The molecule has 1 heterocycles. The summed E-state index contributed by atoms with van der Waals surface area (Å²) >= 11 is 0. The molecule has 4 aromatic rings. The van der Waals surface area contributed by atoms with Crippen molar-refractivity contribution in [1.29, 1.82) is 0 Å². The summed E-state index contributed by atoms with van der Waals surface area (Å²) in [6.45, 7) is 3.10. The molecule has 5 rings (SSSR count). The van der Waals surface area contributed by atoms with Gasteiger partial charge < -0.3 is 4.74 Å². The van der Waals surface area contributed by atoms with Crippen LogP contribution in [0.2, 0.25) is 0 Å². The molecule has 2 N–H and O–H groups in total. The van der Waals surface area contributed by atoms with Gasteiger partial charge in [0.05, 0.1) is 22.9 Å². The topological polar surface area (TPSA) is 132 Å². The molecule has 0 unspecified atom stereocenters. The van der Waals surface area contributed by atoms with E-state index in [0.29, 0.717) is 24.2 Å². The van der Waals surface area contributed by atoms with E-state index >= 15 is 0 Å². The fourth-order valence-corrected chi connectivity index (χ4v) is 5.35. The van der Waals surface area contributed by atoms with E-state index in [9.17, 15) is 31.2 Å². The number of aryl methyl sites for hydroxylation is 1. The smallest absolute Gasteiger partial charge is 0.416 e. The Labute approximate surface area is 251 Å². The standard InChI is InChI=1S/C30H28F3N5O5S/c1-18-26(34-28(40)43-19(2)22-5-4-6-24(17-22)30(31,32)33)38(37-35-18)25-13-9-21(10-14-25)20-7-11-23(12-8-20)29(15-16-29)27(39)36-44(3,41)42/h4-14,17,19H,15-16H2,1-3H3,(H,34,40)(H,36,39)/t19-/m1/s1. The molecule has 1 saturated carbocycles. The van der Waals surface area contributed by atoms with Crippen LogP contribution in [-0.4, -0.2) is 41.7 Å². The van der Waals surface area contributed by atoms with E-state index in [4.69, 9.17) is 4.74 Å². The van der Waals surface area contributed by atoms with Gasteiger partial charge in [-0.05, 0) is 73.2 Å². The van der Waals surface area contributed by atoms with Crippen LogP contribution in [-0.2, 0) is 31.1 Å². The zero-order chi connectivity index (χ0) is 31.9. The Morgan fingerprint density at radius 1 is 1.00 bits per heavy atom. The predicted octanol–water partition coefficient (Wildman–Crippen LogP) is 5.68. The Balaban J connectivity index is 1.27. The molecular formula is C30H28F3N5O5S. The first-order valence-electron chi connectivity index (χ1n) is 13.5. The van der Waals surface area contributed by atoms with Crippen molar-refractivity contribution < 1.29 is 35.9 Å². The number of sulfonamides is 1. The highest BCUT2D eigenvalue weighted by molar-refractivity contribution is 7.89. The lowest BCUT2D eigenvalue weighted by Gasteiger charge is -2.16. The molecule has 10 nitrogen and oxygen atoms in total. The molecule has 0 saturated heterocycles. The summed E-state index contributed by atoms with van der Waals surface area (Å²) in [4.78, 5) is 25.2. The number of carbonyl (C=O) groups is 2. The zero-order valence-electron chi connectivity index (χ0n) is 23.8. The van der Waals surface area contributed by atoms with Crippen molar-refractivity contribution in [3.05, 3.63) is 95.2 Å². The summed E-state index contributed by atoms with van der Waals surface area (Å²) in [5.41, 5.74) is 1.92. The second kappa shape index (κ2) is 11.4. The highest BCUT2D eigenvalue weighted by Gasteiger charge is 2.52. The van der Waals surface area contributed by atoms with Crippen LogP contribution in [0.15, 0.2) is 72.8 Å². The van der Waals surface area contributed by atoms with E-state index in [1.165, 1.54) is 23.7 Å². The molecule has 0 bridgehead atoms. The summed E-state index contributed by atoms with van der Waals surface area (Å²) in [7, 11) is -3.66. The first-order chi connectivity index (χ1) is 20.7. The van der Waals surface area contributed by atoms with Crippen molar-refractivity contribution in [3.8, 4) is 16.8 Å². The van der Waals surface area contributed by atoms with Crippen LogP contribution in [0.3, 0.4) is 0 Å². The van der Waals surface area contributed by atoms with Crippen LogP contribution < -0.4 is 10.0 Å². The summed E-state index contributed by atoms with van der Waals surface area (Å²) < 4.78 is 71.1. The van der Waals surface area contributed by atoms with E-state index in [1.54, 1.807) is 19.1 Å². The highest BCUT2D eigenvalue weighted by Crippen LogP contribution is 2.48. The van der Waals surface area contributed by atoms with Crippen LogP contribution in [0.5, 0.6) is 0 Å². The van der Waals surface area contributed by atoms with Crippen molar-refractivity contribution in [2.75, 3.05) is 11.6 Å². The normalized spacial score (nSPS) is 14.9. The Hall–Kier alpha value is -4.72. The van der Waals surface area contributed by atoms with E-state index in [0.717, 1.165) is 35.1 Å². The fourth-order valence-electron chi connectivity index (χ4n) is 4.82. The molecule has 1 aromatic heterocycles. The van der Waals surface area contributed by atoms with Gasteiger partial charge in [0.2, 0.25) is 15.9 Å². The van der Waals surface area contributed by atoms with Crippen molar-refractivity contribution >= 4 is 27.8 Å². The lowest BCUT2D eigenvalue weighted by Crippen LogP contribution is -2.38. The minimum Gasteiger partial charge on any atom is -0.441 e. The van der Waals surface area contributed by atoms with Crippen LogP contribution >= 0.6 is 0 Å². The van der Waals surface area contributed by atoms with Gasteiger partial charge in [-0.1, -0.05) is 53.7 Å². The number of aromatic nitrogens is 3. The predicted molar refractivity (Wildman–Crippen MR) is 155 cm³/mol. The molecule has 2 amide bonds. The molecule has 1 fully saturated rings. The number of alkyl halides is 3. The van der Waals surface area contributed by atoms with Crippen molar-refractivity contribution in [1.82, 2.24) is 19.7 Å². The third-order valence-electron chi connectivity index (χ3n) is 7.37. The van der Waals surface area contributed by atoms with E-state index < -0.39 is 45.3 Å². The number of ether oxygens (including phenoxy) is 1. The minimum atomic E-state index is -4.52. The van der Waals surface area contributed by atoms with E-state index in [2.05, 4.69) is 20.4 Å². The molecule has 1 aliphatic carbocycles. The van der Waals surface area contributed by atoms with Gasteiger partial charge in [0.25, 0.3) is 0 Å². The fraction of sp³-hybridized carbons (Fsp3) is 0.267. The molecule has 3 aromatic carbocycles. The lowest BCUT2D eigenvalue weighted by atomic mass is 9.93. The maximum atomic E-state index is 13.1. The molecule has 14 heteroatoms. The molecule has 0 spiro atoms. The highest BCUT2D eigenvalue weighted by atomic mass is 32.2. The Kier molecular flexibility index (Phi) is 7.97. The summed E-state index contributed by atoms with van der Waals surface area (Å²) in [6.07, 6.45) is -4.30. The van der Waals surface area contributed by atoms with Crippen molar-refractivity contribution in [2.45, 2.75) is 44.4 Å². The molecule has 230 valence electrons. The Bertz CT molecular complexity index is 1820. The summed E-state index contributed by atoms with van der Waals surface area (Å²) in [5, 5.41) is 10.7. The van der Waals surface area contributed by atoms with Gasteiger partial charge in [-0.2, -0.15) is 17.9 Å². The summed E-state index contributed by atoms with van der Waals surface area (Å²) in [6, 6.07) is 19.1. The monoisotopic (exact) mass is 627 g/mol. The van der Waals surface area contributed by atoms with Crippen LogP contribution in [0, 0.1) is 6.92 Å². The third-order valence-corrected chi connectivity index (χ3v) is 7.93. The van der Waals surface area contributed by atoms with Gasteiger partial charge in [-0.15, -0.1) is 5.10 Å². The molecule has 44 heavy (non-hydrogen) atoms. The molecule has 1 atom stereocenters. The number of anilines is 1. The number of hydrogen-bond acceptors (Lipinski definition) is 7. The maximum Gasteiger partial charge on any atom is 0.416 e. The number of nitrogens with one attached hydrogen (secondary N) is 2. The van der Waals surface area contributed by atoms with Gasteiger partial charge in [-0.25, -0.2) is 13.2 Å². The molecular weight excluding hydrogens is 599 g/mol. The first-order valence-corrected chi connectivity index (χ1v) is 15.4. The van der Waals surface area contributed by atoms with E-state index in [1.807, 2.05) is 36.4 Å². The number of benzene rings is 3. The van der Waals surface area contributed by atoms with Crippen molar-refractivity contribution in [2.24, 2.45) is 0 Å². The summed E-state index contributed by atoms with van der Waals surface area (Å²) in [5.74, 6) is -0.302. The van der Waals surface area contributed by atoms with Crippen LogP contribution in [0.4, 0.5) is 23.8 Å². The van der Waals surface area contributed by atoms with Gasteiger partial charge in [0.1, 0.15) is 11.8 Å². The van der Waals surface area contributed by atoms with Gasteiger partial charge >= 0.3 is 12.3 Å². The average molecular weight is 628 g/mol. The second-order valence-corrected chi connectivity index (χ2v) is 12.4. The second-order valence-electron chi connectivity index (χ2n) is 10.6. The van der Waals surface area contributed by atoms with Gasteiger partial charge in [0.15, 0.2) is 5.82 Å². The number of nitrogens with zero attached hydrogens (tertiary/aromatic N) is 3. The lowest BCUT2D eigenvalue weighted by molar-refractivity contribution is -0.137. The zero-order valence-corrected chi connectivity index (χ0v) is 24.7. The number of amides is 2. The number of carbonyl (C=O) groups excluding carboxylic acids is 2. The molecule has 0 aliphatic heterocycles. The van der Waals surface area contributed by atoms with Crippen LogP contribution in [0.25, 0.3) is 16.8 Å². The largest absolute Gasteiger partial charge is 0.441 e. The SMILES string of the molecule is Cc1nnn(-c2ccc(-c3ccc(C4(C(=O)NS(C)(=O)=O)CC4)cc3)cc2)c1NC(=O)O[C@H](C)c1cccc(C(F)(F)F)c1. The maximum absolute atomic E-state index is 13.1. The van der Waals surface area contributed by atoms with Crippen LogP contribution in [0.1, 0.15) is 48.3 Å². The third kappa shape index (κ3) is 6.59. The number of halogens is 3. The Morgan fingerprint density at radius 3 is 2.18 bits per heavy atom. The quantitative estimate of drug-likeness (QED) is 0.257. The molecule has 0 radical (unpaired) electrons. The number of rotatable bonds is 8.